The van der Waals surface area contributed by atoms with Crippen LogP contribution < -0.4 is 10.1 Å². The topological polar surface area (TPSA) is 75.7 Å². The third-order valence-corrected chi connectivity index (χ3v) is 8.27. The molecule has 1 aliphatic rings. The van der Waals surface area contributed by atoms with Gasteiger partial charge in [0.15, 0.2) is 0 Å². The van der Waals surface area contributed by atoms with Crippen LogP contribution >= 0.6 is 23.4 Å². The number of nitrogens with zero attached hydrogens (tertiary/aromatic N) is 1. The van der Waals surface area contributed by atoms with Crippen LogP contribution in [0.25, 0.3) is 0 Å². The monoisotopic (exact) mass is 468 g/mol. The van der Waals surface area contributed by atoms with E-state index in [-0.39, 0.29) is 22.1 Å². The van der Waals surface area contributed by atoms with Crippen LogP contribution in [0, 0.1) is 0 Å². The SMILES string of the molecule is COc1ccc(S(=O)(=O)N2CCC(NC(=O)C(C)Sc3ccc(Cl)cc3)CC2)cc1. The molecule has 0 aliphatic carbocycles. The van der Waals surface area contributed by atoms with Gasteiger partial charge in [-0.25, -0.2) is 8.42 Å². The van der Waals surface area contributed by atoms with Gasteiger partial charge < -0.3 is 10.1 Å². The van der Waals surface area contributed by atoms with Gasteiger partial charge in [-0.2, -0.15) is 4.31 Å². The summed E-state index contributed by atoms with van der Waals surface area (Å²) < 4.78 is 32.2. The first-order valence-electron chi connectivity index (χ1n) is 9.66. The lowest BCUT2D eigenvalue weighted by atomic mass is 10.1. The van der Waals surface area contributed by atoms with Crippen molar-refractivity contribution in [2.45, 2.75) is 40.8 Å². The quantitative estimate of drug-likeness (QED) is 0.625. The number of hydrogen-bond acceptors (Lipinski definition) is 5. The lowest BCUT2D eigenvalue weighted by molar-refractivity contribution is -0.121. The van der Waals surface area contributed by atoms with Crippen molar-refractivity contribution in [3.8, 4) is 5.75 Å². The van der Waals surface area contributed by atoms with Crippen molar-refractivity contribution in [3.63, 3.8) is 0 Å². The van der Waals surface area contributed by atoms with Gasteiger partial charge in [0.25, 0.3) is 0 Å². The lowest BCUT2D eigenvalue weighted by Gasteiger charge is -2.32. The predicted octanol–water partition coefficient (Wildman–Crippen LogP) is 3.80. The average Bonchev–Trinajstić information content (AvgIpc) is 2.75. The van der Waals surface area contributed by atoms with E-state index in [9.17, 15) is 13.2 Å². The standard InChI is InChI=1S/C21H25ClN2O4S2/c1-15(29-19-7-3-16(22)4-8-19)21(25)23-17-11-13-24(14-12-17)30(26,27)20-9-5-18(28-2)6-10-20/h3-10,15,17H,11-14H2,1-2H3,(H,23,25). The first kappa shape index (κ1) is 22.9. The smallest absolute Gasteiger partial charge is 0.243 e. The number of benzene rings is 2. The Morgan fingerprint density at radius 2 is 1.73 bits per heavy atom. The molecule has 0 spiro atoms. The summed E-state index contributed by atoms with van der Waals surface area (Å²) in [7, 11) is -2.01. The molecule has 1 atom stereocenters. The molecule has 1 fully saturated rings. The Hall–Kier alpha value is -1.74. The van der Waals surface area contributed by atoms with E-state index in [0.717, 1.165) is 4.90 Å². The van der Waals surface area contributed by atoms with Crippen LogP contribution in [-0.2, 0) is 14.8 Å². The molecule has 0 saturated carbocycles. The van der Waals surface area contributed by atoms with Gasteiger partial charge in [0.2, 0.25) is 15.9 Å². The van der Waals surface area contributed by atoms with E-state index in [2.05, 4.69) is 5.32 Å². The fourth-order valence-electron chi connectivity index (χ4n) is 3.23. The minimum atomic E-state index is -3.55. The zero-order valence-electron chi connectivity index (χ0n) is 16.9. The molecule has 1 heterocycles. The Kier molecular flexibility index (Phi) is 7.68. The molecule has 1 saturated heterocycles. The number of ether oxygens (including phenoxy) is 1. The van der Waals surface area contributed by atoms with Gasteiger partial charge >= 0.3 is 0 Å². The first-order chi connectivity index (χ1) is 14.3. The number of piperidine rings is 1. The molecule has 1 amide bonds. The van der Waals surface area contributed by atoms with Gasteiger partial charge in [-0.1, -0.05) is 11.6 Å². The van der Waals surface area contributed by atoms with Crippen molar-refractivity contribution in [1.82, 2.24) is 9.62 Å². The maximum absolute atomic E-state index is 12.8. The highest BCUT2D eigenvalue weighted by Crippen LogP contribution is 2.26. The van der Waals surface area contributed by atoms with Gasteiger partial charge in [0.1, 0.15) is 5.75 Å². The van der Waals surface area contributed by atoms with Crippen LogP contribution in [0.4, 0.5) is 0 Å². The van der Waals surface area contributed by atoms with Gasteiger partial charge in [-0.15, -0.1) is 11.8 Å². The highest BCUT2D eigenvalue weighted by molar-refractivity contribution is 8.00. The van der Waals surface area contributed by atoms with Crippen LogP contribution in [0.1, 0.15) is 19.8 Å². The Bertz CT molecular complexity index is 958. The molecule has 3 rings (SSSR count). The first-order valence-corrected chi connectivity index (χ1v) is 12.4. The van der Waals surface area contributed by atoms with Gasteiger partial charge in [0.05, 0.1) is 17.3 Å². The van der Waals surface area contributed by atoms with Crippen molar-refractivity contribution in [2.75, 3.05) is 20.2 Å². The van der Waals surface area contributed by atoms with Crippen LogP contribution in [0.3, 0.4) is 0 Å². The number of thioether (sulfide) groups is 1. The summed E-state index contributed by atoms with van der Waals surface area (Å²) in [5.74, 6) is 0.562. The zero-order chi connectivity index (χ0) is 21.7. The highest BCUT2D eigenvalue weighted by atomic mass is 35.5. The minimum absolute atomic E-state index is 0.0342. The molecule has 2 aromatic rings. The summed E-state index contributed by atoms with van der Waals surface area (Å²) in [6.45, 7) is 2.61. The number of carbonyl (C=O) groups is 1. The Labute approximate surface area is 187 Å². The second-order valence-corrected chi connectivity index (χ2v) is 10.9. The second-order valence-electron chi connectivity index (χ2n) is 7.08. The molecule has 0 radical (unpaired) electrons. The normalized spacial score (nSPS) is 16.8. The molecule has 6 nitrogen and oxygen atoms in total. The van der Waals surface area contributed by atoms with E-state index in [0.29, 0.717) is 36.7 Å². The fraction of sp³-hybridized carbons (Fsp3) is 0.381. The number of sulfonamides is 1. The molecule has 1 N–H and O–H groups in total. The number of carbonyl (C=O) groups excluding carboxylic acids is 1. The zero-order valence-corrected chi connectivity index (χ0v) is 19.3. The highest BCUT2D eigenvalue weighted by Gasteiger charge is 2.30. The van der Waals surface area contributed by atoms with E-state index >= 15 is 0 Å². The second kappa shape index (κ2) is 10.0. The van der Waals surface area contributed by atoms with Gasteiger partial charge in [0, 0.05) is 29.0 Å². The predicted molar refractivity (Wildman–Crippen MR) is 120 cm³/mol. The lowest BCUT2D eigenvalue weighted by Crippen LogP contribution is -2.48. The molecule has 0 aromatic heterocycles. The molecular formula is C21H25ClN2O4S2. The maximum Gasteiger partial charge on any atom is 0.243 e. The van der Waals surface area contributed by atoms with Crippen LogP contribution in [-0.4, -0.2) is 50.1 Å². The summed E-state index contributed by atoms with van der Waals surface area (Å²) in [5, 5.41) is 3.46. The van der Waals surface area contributed by atoms with Crippen molar-refractivity contribution in [2.24, 2.45) is 0 Å². The molecule has 1 unspecified atom stereocenters. The molecule has 9 heteroatoms. The van der Waals surface area contributed by atoms with E-state index in [1.165, 1.54) is 23.2 Å². The van der Waals surface area contributed by atoms with E-state index in [1.54, 1.807) is 36.4 Å². The molecule has 0 bridgehead atoms. The average molecular weight is 469 g/mol. The summed E-state index contributed by atoms with van der Waals surface area (Å²) in [6.07, 6.45) is 1.17. The van der Waals surface area contributed by atoms with Gasteiger partial charge in [-0.05, 0) is 68.3 Å². The van der Waals surface area contributed by atoms with Crippen molar-refractivity contribution >= 4 is 39.3 Å². The Balaban J connectivity index is 1.51. The van der Waals surface area contributed by atoms with Crippen LogP contribution in [0.15, 0.2) is 58.3 Å². The van der Waals surface area contributed by atoms with Crippen molar-refractivity contribution in [1.29, 1.82) is 0 Å². The number of hydrogen-bond donors (Lipinski definition) is 1. The summed E-state index contributed by atoms with van der Waals surface area (Å²) in [4.78, 5) is 13.8. The molecule has 162 valence electrons. The van der Waals surface area contributed by atoms with E-state index in [1.807, 2.05) is 19.1 Å². The van der Waals surface area contributed by atoms with E-state index < -0.39 is 10.0 Å². The number of rotatable bonds is 7. The van der Waals surface area contributed by atoms with Crippen molar-refractivity contribution < 1.29 is 17.9 Å². The Morgan fingerprint density at radius 1 is 1.13 bits per heavy atom. The number of halogens is 1. The maximum atomic E-state index is 12.8. The molecule has 2 aromatic carbocycles. The van der Waals surface area contributed by atoms with Gasteiger partial charge in [-0.3, -0.25) is 4.79 Å². The Morgan fingerprint density at radius 3 is 2.30 bits per heavy atom. The van der Waals surface area contributed by atoms with Crippen LogP contribution in [0.5, 0.6) is 5.75 Å². The van der Waals surface area contributed by atoms with Crippen LogP contribution in [0.2, 0.25) is 5.02 Å². The minimum Gasteiger partial charge on any atom is -0.497 e. The molecule has 30 heavy (non-hydrogen) atoms. The largest absolute Gasteiger partial charge is 0.497 e. The molecule has 1 aliphatic heterocycles. The third-order valence-electron chi connectivity index (χ3n) is 4.99. The summed E-state index contributed by atoms with van der Waals surface area (Å²) in [6, 6.07) is 13.7. The number of amides is 1. The fourth-order valence-corrected chi connectivity index (χ4v) is 5.70. The van der Waals surface area contributed by atoms with E-state index in [4.69, 9.17) is 16.3 Å². The summed E-state index contributed by atoms with van der Waals surface area (Å²) in [5.41, 5.74) is 0. The summed E-state index contributed by atoms with van der Waals surface area (Å²) >= 11 is 7.36. The molecular weight excluding hydrogens is 444 g/mol. The number of methoxy groups -OCH3 is 1. The number of nitrogens with one attached hydrogen (secondary N) is 1. The third kappa shape index (κ3) is 5.69. The van der Waals surface area contributed by atoms with Crippen molar-refractivity contribution in [3.05, 3.63) is 53.6 Å².